The van der Waals surface area contributed by atoms with Crippen LogP contribution < -0.4 is 10.6 Å². The normalized spacial score (nSPS) is 23.8. The number of pyridine rings is 1. The standard InChI is InChI=1S/C18H29N3O/c1-13(21-18(2,3)4)14-5-7-15(8-6-14)17(22)20-16-9-11-19-12-10-16/h9-15,21H,5-8H2,1-4H3,(H,19,20,22)/t13-,14?,15?/m1/s1. The summed E-state index contributed by atoms with van der Waals surface area (Å²) in [6.45, 7) is 8.89. The Morgan fingerprint density at radius 1 is 1.18 bits per heavy atom. The Balaban J connectivity index is 1.80. The fourth-order valence-corrected chi connectivity index (χ4v) is 3.36. The quantitative estimate of drug-likeness (QED) is 0.893. The van der Waals surface area contributed by atoms with Crippen LogP contribution in [-0.4, -0.2) is 22.5 Å². The maximum Gasteiger partial charge on any atom is 0.227 e. The van der Waals surface area contributed by atoms with Crippen molar-refractivity contribution in [2.24, 2.45) is 11.8 Å². The largest absolute Gasteiger partial charge is 0.326 e. The molecule has 1 atom stereocenters. The Labute approximate surface area is 134 Å². The molecule has 0 saturated heterocycles. The summed E-state index contributed by atoms with van der Waals surface area (Å²) < 4.78 is 0. The van der Waals surface area contributed by atoms with Gasteiger partial charge in [-0.15, -0.1) is 0 Å². The zero-order chi connectivity index (χ0) is 16.2. The lowest BCUT2D eigenvalue weighted by molar-refractivity contribution is -0.121. The predicted molar refractivity (Wildman–Crippen MR) is 90.7 cm³/mol. The van der Waals surface area contributed by atoms with Gasteiger partial charge in [0.15, 0.2) is 0 Å². The van der Waals surface area contributed by atoms with E-state index in [1.165, 1.54) is 0 Å². The van der Waals surface area contributed by atoms with Crippen LogP contribution in [0, 0.1) is 11.8 Å². The lowest BCUT2D eigenvalue weighted by atomic mass is 9.78. The summed E-state index contributed by atoms with van der Waals surface area (Å²) in [6.07, 6.45) is 7.62. The summed E-state index contributed by atoms with van der Waals surface area (Å²) in [7, 11) is 0. The van der Waals surface area contributed by atoms with Gasteiger partial charge in [-0.1, -0.05) is 0 Å². The molecule has 2 N–H and O–H groups in total. The van der Waals surface area contributed by atoms with Crippen LogP contribution in [0.2, 0.25) is 0 Å². The van der Waals surface area contributed by atoms with Crippen LogP contribution in [0.1, 0.15) is 53.4 Å². The minimum atomic E-state index is 0.145. The smallest absolute Gasteiger partial charge is 0.227 e. The van der Waals surface area contributed by atoms with E-state index in [1.54, 1.807) is 12.4 Å². The van der Waals surface area contributed by atoms with Gasteiger partial charge in [-0.05, 0) is 71.4 Å². The van der Waals surface area contributed by atoms with Gasteiger partial charge >= 0.3 is 0 Å². The number of anilines is 1. The topological polar surface area (TPSA) is 54.0 Å². The van der Waals surface area contributed by atoms with Gasteiger partial charge in [0.2, 0.25) is 5.91 Å². The van der Waals surface area contributed by atoms with Gasteiger partial charge in [0, 0.05) is 35.6 Å². The Kier molecular flexibility index (Phi) is 5.57. The molecule has 2 rings (SSSR count). The first-order chi connectivity index (χ1) is 10.3. The number of amides is 1. The molecule has 22 heavy (non-hydrogen) atoms. The van der Waals surface area contributed by atoms with Gasteiger partial charge in [-0.25, -0.2) is 0 Å². The molecule has 1 heterocycles. The van der Waals surface area contributed by atoms with Crippen molar-refractivity contribution in [3.8, 4) is 0 Å². The van der Waals surface area contributed by atoms with E-state index in [2.05, 4.69) is 43.3 Å². The molecule has 1 aliphatic carbocycles. The first-order valence-corrected chi connectivity index (χ1v) is 8.34. The highest BCUT2D eigenvalue weighted by Gasteiger charge is 2.30. The molecule has 0 unspecified atom stereocenters. The molecular formula is C18H29N3O. The molecule has 0 aromatic carbocycles. The van der Waals surface area contributed by atoms with Crippen LogP contribution in [-0.2, 0) is 4.79 Å². The number of carbonyl (C=O) groups is 1. The third-order valence-electron chi connectivity index (χ3n) is 4.46. The van der Waals surface area contributed by atoms with Gasteiger partial charge in [-0.3, -0.25) is 9.78 Å². The molecule has 4 heteroatoms. The summed E-state index contributed by atoms with van der Waals surface area (Å²) in [5, 5.41) is 6.66. The average Bonchev–Trinajstić information content (AvgIpc) is 2.46. The van der Waals surface area contributed by atoms with Crippen molar-refractivity contribution >= 4 is 11.6 Å². The maximum atomic E-state index is 12.3. The van der Waals surface area contributed by atoms with Gasteiger partial charge in [0.1, 0.15) is 0 Å². The van der Waals surface area contributed by atoms with Crippen molar-refractivity contribution in [2.75, 3.05) is 5.32 Å². The lowest BCUT2D eigenvalue weighted by Crippen LogP contribution is -2.46. The second-order valence-corrected chi connectivity index (χ2v) is 7.52. The number of hydrogen-bond acceptors (Lipinski definition) is 3. The fourth-order valence-electron chi connectivity index (χ4n) is 3.36. The van der Waals surface area contributed by atoms with E-state index in [-0.39, 0.29) is 17.4 Å². The maximum absolute atomic E-state index is 12.3. The molecular weight excluding hydrogens is 274 g/mol. The molecule has 0 bridgehead atoms. The average molecular weight is 303 g/mol. The zero-order valence-electron chi connectivity index (χ0n) is 14.2. The zero-order valence-corrected chi connectivity index (χ0v) is 14.2. The Bertz CT molecular complexity index is 473. The molecule has 4 nitrogen and oxygen atoms in total. The second kappa shape index (κ2) is 7.23. The molecule has 1 saturated carbocycles. The number of rotatable bonds is 4. The van der Waals surface area contributed by atoms with Gasteiger partial charge < -0.3 is 10.6 Å². The third kappa shape index (κ3) is 5.09. The van der Waals surface area contributed by atoms with Crippen LogP contribution in [0.15, 0.2) is 24.5 Å². The molecule has 1 fully saturated rings. The molecule has 1 aliphatic rings. The van der Waals surface area contributed by atoms with E-state index in [9.17, 15) is 4.79 Å². The van der Waals surface area contributed by atoms with E-state index in [0.29, 0.717) is 12.0 Å². The van der Waals surface area contributed by atoms with Gasteiger partial charge in [-0.2, -0.15) is 0 Å². The number of aromatic nitrogens is 1. The third-order valence-corrected chi connectivity index (χ3v) is 4.46. The molecule has 122 valence electrons. The molecule has 0 aliphatic heterocycles. The molecule has 1 aromatic heterocycles. The summed E-state index contributed by atoms with van der Waals surface area (Å²) in [5.74, 6) is 0.969. The van der Waals surface area contributed by atoms with Gasteiger partial charge in [0.05, 0.1) is 0 Å². The van der Waals surface area contributed by atoms with E-state index in [1.807, 2.05) is 12.1 Å². The Morgan fingerprint density at radius 2 is 1.77 bits per heavy atom. The summed E-state index contributed by atoms with van der Waals surface area (Å²) >= 11 is 0. The Hall–Kier alpha value is -1.42. The van der Waals surface area contributed by atoms with Crippen LogP contribution >= 0.6 is 0 Å². The molecule has 0 radical (unpaired) electrons. The summed E-state index contributed by atoms with van der Waals surface area (Å²) in [4.78, 5) is 16.3. The monoisotopic (exact) mass is 303 g/mol. The van der Waals surface area contributed by atoms with Crippen LogP contribution in [0.5, 0.6) is 0 Å². The molecule has 1 amide bonds. The summed E-state index contributed by atoms with van der Waals surface area (Å²) in [5.41, 5.74) is 0.986. The Morgan fingerprint density at radius 3 is 2.32 bits per heavy atom. The SMILES string of the molecule is C[C@@H](NC(C)(C)C)C1CCC(C(=O)Nc2ccncc2)CC1. The first kappa shape index (κ1) is 16.9. The van der Waals surface area contributed by atoms with E-state index in [4.69, 9.17) is 0 Å². The van der Waals surface area contributed by atoms with Crippen molar-refractivity contribution in [3.05, 3.63) is 24.5 Å². The van der Waals surface area contributed by atoms with Crippen molar-refractivity contribution in [1.29, 1.82) is 0 Å². The van der Waals surface area contributed by atoms with E-state index in [0.717, 1.165) is 31.4 Å². The second-order valence-electron chi connectivity index (χ2n) is 7.52. The molecule has 1 aromatic rings. The summed E-state index contributed by atoms with van der Waals surface area (Å²) in [6, 6.07) is 4.17. The van der Waals surface area contributed by atoms with Crippen LogP contribution in [0.25, 0.3) is 0 Å². The van der Waals surface area contributed by atoms with Crippen LogP contribution in [0.4, 0.5) is 5.69 Å². The lowest BCUT2D eigenvalue weighted by Gasteiger charge is -2.35. The number of nitrogens with zero attached hydrogens (tertiary/aromatic N) is 1. The number of carbonyl (C=O) groups excluding carboxylic acids is 1. The highest BCUT2D eigenvalue weighted by atomic mass is 16.1. The minimum Gasteiger partial charge on any atom is -0.326 e. The van der Waals surface area contributed by atoms with Crippen LogP contribution in [0.3, 0.4) is 0 Å². The van der Waals surface area contributed by atoms with E-state index >= 15 is 0 Å². The minimum absolute atomic E-state index is 0.145. The van der Waals surface area contributed by atoms with Crippen molar-refractivity contribution in [1.82, 2.24) is 10.3 Å². The number of hydrogen-bond donors (Lipinski definition) is 2. The number of nitrogens with one attached hydrogen (secondary N) is 2. The highest BCUT2D eigenvalue weighted by molar-refractivity contribution is 5.92. The van der Waals surface area contributed by atoms with Gasteiger partial charge in [0.25, 0.3) is 0 Å². The first-order valence-electron chi connectivity index (χ1n) is 8.34. The predicted octanol–water partition coefficient (Wildman–Crippen LogP) is 3.60. The molecule has 0 spiro atoms. The van der Waals surface area contributed by atoms with Crippen molar-refractivity contribution in [3.63, 3.8) is 0 Å². The van der Waals surface area contributed by atoms with Crippen molar-refractivity contribution < 1.29 is 4.79 Å². The van der Waals surface area contributed by atoms with Crippen molar-refractivity contribution in [2.45, 2.75) is 65.0 Å². The highest BCUT2D eigenvalue weighted by Crippen LogP contribution is 2.32. The fraction of sp³-hybridized carbons (Fsp3) is 0.667. The van der Waals surface area contributed by atoms with E-state index < -0.39 is 0 Å².